The van der Waals surface area contributed by atoms with Crippen LogP contribution in [0.3, 0.4) is 0 Å². The molecule has 0 aliphatic rings. The molecule has 0 atom stereocenters. The van der Waals surface area contributed by atoms with Crippen LogP contribution in [0, 0.1) is 0 Å². The van der Waals surface area contributed by atoms with Gasteiger partial charge < -0.3 is 5.32 Å². The Morgan fingerprint density at radius 1 is 0.864 bits per heavy atom. The summed E-state index contributed by atoms with van der Waals surface area (Å²) in [4.78, 5) is 9.35. The monoisotopic (exact) mass is 287 g/mol. The highest BCUT2D eigenvalue weighted by Gasteiger charge is 2.11. The first-order chi connectivity index (χ1) is 10.9. The third-order valence-corrected chi connectivity index (χ3v) is 3.29. The first-order valence-electron chi connectivity index (χ1n) is 7.21. The molecule has 3 aromatic rings. The summed E-state index contributed by atoms with van der Waals surface area (Å²) in [7, 11) is 0. The summed E-state index contributed by atoms with van der Waals surface area (Å²) >= 11 is 0. The largest absolute Gasteiger partial charge is 0.365 e. The van der Waals surface area contributed by atoms with E-state index in [1.807, 2.05) is 60.7 Å². The topological polar surface area (TPSA) is 37.8 Å². The van der Waals surface area contributed by atoms with Crippen LogP contribution in [0.5, 0.6) is 0 Å². The molecule has 0 aliphatic heterocycles. The standard InChI is InChI=1S/C19H17N3/c1-2-13-20-17-14-21-18(15-9-5-3-6-10-15)19(22-17)16-11-7-4-8-12-16/h2-12,14H,1,13H2,(H,20,22). The molecule has 0 amide bonds. The van der Waals surface area contributed by atoms with Crippen molar-refractivity contribution in [3.8, 4) is 22.5 Å². The molecule has 1 aromatic heterocycles. The zero-order valence-electron chi connectivity index (χ0n) is 12.2. The van der Waals surface area contributed by atoms with Crippen molar-refractivity contribution in [2.75, 3.05) is 11.9 Å². The zero-order chi connectivity index (χ0) is 15.2. The van der Waals surface area contributed by atoms with E-state index in [2.05, 4.69) is 16.9 Å². The number of anilines is 1. The van der Waals surface area contributed by atoms with E-state index < -0.39 is 0 Å². The Kier molecular flexibility index (Phi) is 4.25. The number of rotatable bonds is 5. The van der Waals surface area contributed by atoms with E-state index in [0.29, 0.717) is 6.54 Å². The van der Waals surface area contributed by atoms with E-state index >= 15 is 0 Å². The Morgan fingerprint density at radius 2 is 1.45 bits per heavy atom. The minimum atomic E-state index is 0.660. The maximum absolute atomic E-state index is 4.74. The molecule has 108 valence electrons. The van der Waals surface area contributed by atoms with Crippen LogP contribution in [0.2, 0.25) is 0 Å². The normalized spacial score (nSPS) is 10.2. The van der Waals surface area contributed by atoms with Crippen molar-refractivity contribution < 1.29 is 0 Å². The minimum absolute atomic E-state index is 0.660. The molecule has 0 radical (unpaired) electrons. The molecule has 0 aliphatic carbocycles. The summed E-state index contributed by atoms with van der Waals surface area (Å²) in [5.41, 5.74) is 3.87. The fraction of sp³-hybridized carbons (Fsp3) is 0.0526. The Morgan fingerprint density at radius 3 is 2.05 bits per heavy atom. The van der Waals surface area contributed by atoms with Gasteiger partial charge in [-0.15, -0.1) is 6.58 Å². The lowest BCUT2D eigenvalue weighted by Crippen LogP contribution is -2.03. The van der Waals surface area contributed by atoms with E-state index in [0.717, 1.165) is 28.3 Å². The number of hydrogen-bond acceptors (Lipinski definition) is 3. The number of benzene rings is 2. The average Bonchev–Trinajstić information content (AvgIpc) is 2.61. The summed E-state index contributed by atoms with van der Waals surface area (Å²) in [6, 6.07) is 20.2. The quantitative estimate of drug-likeness (QED) is 0.706. The Hall–Kier alpha value is -2.94. The molecule has 1 N–H and O–H groups in total. The fourth-order valence-electron chi connectivity index (χ4n) is 2.26. The molecule has 2 aromatic carbocycles. The van der Waals surface area contributed by atoms with E-state index in [1.165, 1.54) is 0 Å². The SMILES string of the molecule is C=CCNc1cnc(-c2ccccc2)c(-c2ccccc2)n1. The summed E-state index contributed by atoms with van der Waals surface area (Å²) in [5.74, 6) is 0.749. The van der Waals surface area contributed by atoms with Gasteiger partial charge in [0.1, 0.15) is 5.82 Å². The summed E-state index contributed by atoms with van der Waals surface area (Å²) in [6.07, 6.45) is 3.56. The van der Waals surface area contributed by atoms with Gasteiger partial charge in [-0.3, -0.25) is 4.98 Å². The van der Waals surface area contributed by atoms with Gasteiger partial charge in [-0.1, -0.05) is 66.7 Å². The van der Waals surface area contributed by atoms with Crippen LogP contribution >= 0.6 is 0 Å². The lowest BCUT2D eigenvalue weighted by molar-refractivity contribution is 1.17. The second kappa shape index (κ2) is 6.68. The van der Waals surface area contributed by atoms with Crippen molar-refractivity contribution in [2.24, 2.45) is 0 Å². The first kappa shape index (κ1) is 14.0. The second-order valence-electron chi connectivity index (χ2n) is 4.85. The van der Waals surface area contributed by atoms with E-state index in [-0.39, 0.29) is 0 Å². The van der Waals surface area contributed by atoms with Gasteiger partial charge in [-0.2, -0.15) is 0 Å². The molecular formula is C19H17N3. The van der Waals surface area contributed by atoms with Gasteiger partial charge in [-0.05, 0) is 0 Å². The highest BCUT2D eigenvalue weighted by atomic mass is 15.0. The van der Waals surface area contributed by atoms with Crippen molar-refractivity contribution in [1.82, 2.24) is 9.97 Å². The molecule has 3 heteroatoms. The van der Waals surface area contributed by atoms with Gasteiger partial charge in [0.25, 0.3) is 0 Å². The number of nitrogens with zero attached hydrogens (tertiary/aromatic N) is 2. The van der Waals surface area contributed by atoms with Crippen LogP contribution < -0.4 is 5.32 Å². The fourth-order valence-corrected chi connectivity index (χ4v) is 2.26. The van der Waals surface area contributed by atoms with Crippen LogP contribution in [0.15, 0.2) is 79.5 Å². The molecular weight excluding hydrogens is 270 g/mol. The molecule has 0 spiro atoms. The molecule has 0 unspecified atom stereocenters. The molecule has 3 nitrogen and oxygen atoms in total. The summed E-state index contributed by atoms with van der Waals surface area (Å²) < 4.78 is 0. The molecule has 3 rings (SSSR count). The molecule has 1 heterocycles. The molecule has 22 heavy (non-hydrogen) atoms. The highest BCUT2D eigenvalue weighted by molar-refractivity contribution is 5.78. The zero-order valence-corrected chi connectivity index (χ0v) is 12.2. The lowest BCUT2D eigenvalue weighted by Gasteiger charge is -2.11. The van der Waals surface area contributed by atoms with Gasteiger partial charge in [0.05, 0.1) is 17.6 Å². The van der Waals surface area contributed by atoms with Gasteiger partial charge in [0.15, 0.2) is 0 Å². The minimum Gasteiger partial charge on any atom is -0.365 e. The smallest absolute Gasteiger partial charge is 0.145 e. The third-order valence-electron chi connectivity index (χ3n) is 3.29. The molecule has 0 saturated heterocycles. The van der Waals surface area contributed by atoms with E-state index in [1.54, 1.807) is 12.3 Å². The Balaban J connectivity index is 2.11. The van der Waals surface area contributed by atoms with Crippen molar-refractivity contribution in [1.29, 1.82) is 0 Å². The van der Waals surface area contributed by atoms with Gasteiger partial charge >= 0.3 is 0 Å². The van der Waals surface area contributed by atoms with Crippen LogP contribution in [0.4, 0.5) is 5.82 Å². The van der Waals surface area contributed by atoms with Crippen LogP contribution in [0.25, 0.3) is 22.5 Å². The van der Waals surface area contributed by atoms with Crippen molar-refractivity contribution in [2.45, 2.75) is 0 Å². The highest BCUT2D eigenvalue weighted by Crippen LogP contribution is 2.29. The van der Waals surface area contributed by atoms with Crippen LogP contribution in [0.1, 0.15) is 0 Å². The Labute approximate surface area is 130 Å². The first-order valence-corrected chi connectivity index (χ1v) is 7.21. The maximum Gasteiger partial charge on any atom is 0.145 e. The van der Waals surface area contributed by atoms with Crippen molar-refractivity contribution >= 4 is 5.82 Å². The number of aromatic nitrogens is 2. The second-order valence-corrected chi connectivity index (χ2v) is 4.85. The van der Waals surface area contributed by atoms with Gasteiger partial charge in [0, 0.05) is 17.7 Å². The summed E-state index contributed by atoms with van der Waals surface area (Å²) in [6.45, 7) is 4.37. The molecule has 0 bridgehead atoms. The predicted molar refractivity (Wildman–Crippen MR) is 91.6 cm³/mol. The van der Waals surface area contributed by atoms with E-state index in [4.69, 9.17) is 4.98 Å². The molecule has 0 fully saturated rings. The summed E-state index contributed by atoms with van der Waals surface area (Å²) in [5, 5.41) is 3.19. The van der Waals surface area contributed by atoms with Gasteiger partial charge in [0.2, 0.25) is 0 Å². The van der Waals surface area contributed by atoms with Crippen molar-refractivity contribution in [3.05, 3.63) is 79.5 Å². The Bertz CT molecular complexity index is 752. The third kappa shape index (κ3) is 3.04. The maximum atomic E-state index is 4.74. The average molecular weight is 287 g/mol. The molecule has 0 saturated carbocycles. The lowest BCUT2D eigenvalue weighted by atomic mass is 10.0. The van der Waals surface area contributed by atoms with E-state index in [9.17, 15) is 0 Å². The number of nitrogens with one attached hydrogen (secondary N) is 1. The van der Waals surface area contributed by atoms with Crippen LogP contribution in [-0.4, -0.2) is 16.5 Å². The number of hydrogen-bond donors (Lipinski definition) is 1. The van der Waals surface area contributed by atoms with Gasteiger partial charge in [-0.25, -0.2) is 4.98 Å². The predicted octanol–water partition coefficient (Wildman–Crippen LogP) is 4.41. The van der Waals surface area contributed by atoms with Crippen LogP contribution in [-0.2, 0) is 0 Å². The van der Waals surface area contributed by atoms with Crippen molar-refractivity contribution in [3.63, 3.8) is 0 Å².